The number of ether oxygens (including phenoxy) is 3. The number of likely N-dealkylation sites (tertiary alicyclic amines) is 1. The van der Waals surface area contributed by atoms with Crippen LogP contribution in [0.4, 0.5) is 0 Å². The van der Waals surface area contributed by atoms with Crippen LogP contribution in [-0.4, -0.2) is 58.0 Å². The third-order valence-electron chi connectivity index (χ3n) is 4.50. The smallest absolute Gasteiger partial charge is 0.161 e. The van der Waals surface area contributed by atoms with Gasteiger partial charge < -0.3 is 24.4 Å². The Labute approximate surface area is 151 Å². The first-order chi connectivity index (χ1) is 12.1. The number of hydrogen-bond donors (Lipinski definition) is 1. The van der Waals surface area contributed by atoms with Crippen molar-refractivity contribution in [2.24, 2.45) is 0 Å². The molecule has 25 heavy (non-hydrogen) atoms. The second-order valence-corrected chi connectivity index (χ2v) is 6.72. The zero-order chi connectivity index (χ0) is 18.1. The summed E-state index contributed by atoms with van der Waals surface area (Å²) in [4.78, 5) is 2.47. The van der Waals surface area contributed by atoms with Crippen molar-refractivity contribution in [1.29, 1.82) is 0 Å². The Kier molecular flexibility index (Phi) is 8.25. The number of piperidine rings is 1. The summed E-state index contributed by atoms with van der Waals surface area (Å²) in [6.45, 7) is 11.3. The van der Waals surface area contributed by atoms with Crippen molar-refractivity contribution >= 4 is 0 Å². The van der Waals surface area contributed by atoms with Gasteiger partial charge in [-0.3, -0.25) is 0 Å². The van der Waals surface area contributed by atoms with Gasteiger partial charge in [-0.2, -0.15) is 0 Å². The van der Waals surface area contributed by atoms with E-state index in [1.807, 2.05) is 13.0 Å². The lowest BCUT2D eigenvalue weighted by atomic mass is 10.0. The molecule has 1 aliphatic rings. The highest BCUT2D eigenvalue weighted by Crippen LogP contribution is 2.28. The first-order valence-electron chi connectivity index (χ1n) is 9.01. The molecule has 0 saturated carbocycles. The van der Waals surface area contributed by atoms with Gasteiger partial charge in [0.05, 0.1) is 13.7 Å². The molecule has 1 aromatic rings. The fraction of sp³-hybridized carbons (Fsp3) is 0.600. The SMILES string of the molecule is C=C(C)COc1cc(CNC2CCN(CCOC)CC2)ccc1OC. The Morgan fingerprint density at radius 2 is 2.00 bits per heavy atom. The number of hydrogen-bond acceptors (Lipinski definition) is 5. The minimum absolute atomic E-state index is 0.507. The molecule has 1 aromatic carbocycles. The number of methoxy groups -OCH3 is 2. The average Bonchev–Trinajstić information content (AvgIpc) is 2.63. The monoisotopic (exact) mass is 348 g/mol. The zero-order valence-electron chi connectivity index (χ0n) is 15.8. The third kappa shape index (κ3) is 6.69. The van der Waals surface area contributed by atoms with Gasteiger partial charge in [-0.15, -0.1) is 0 Å². The summed E-state index contributed by atoms with van der Waals surface area (Å²) in [5.74, 6) is 1.54. The van der Waals surface area contributed by atoms with Crippen LogP contribution in [-0.2, 0) is 11.3 Å². The molecule has 140 valence electrons. The van der Waals surface area contributed by atoms with Crippen LogP contribution in [0, 0.1) is 0 Å². The summed E-state index contributed by atoms with van der Waals surface area (Å²) in [7, 11) is 3.43. The fourth-order valence-electron chi connectivity index (χ4n) is 2.99. The van der Waals surface area contributed by atoms with E-state index in [1.165, 1.54) is 18.4 Å². The van der Waals surface area contributed by atoms with E-state index in [2.05, 4.69) is 28.9 Å². The van der Waals surface area contributed by atoms with E-state index >= 15 is 0 Å². The molecule has 1 aliphatic heterocycles. The van der Waals surface area contributed by atoms with E-state index < -0.39 is 0 Å². The maximum Gasteiger partial charge on any atom is 0.161 e. The lowest BCUT2D eigenvalue weighted by Gasteiger charge is -2.32. The van der Waals surface area contributed by atoms with Crippen molar-refractivity contribution in [2.75, 3.05) is 47.1 Å². The Balaban J connectivity index is 1.82. The minimum Gasteiger partial charge on any atom is -0.493 e. The molecule has 0 amide bonds. The van der Waals surface area contributed by atoms with Gasteiger partial charge in [0.15, 0.2) is 11.5 Å². The molecule has 1 fully saturated rings. The molecular formula is C20H32N2O3. The Morgan fingerprint density at radius 3 is 2.64 bits per heavy atom. The summed E-state index contributed by atoms with van der Waals surface area (Å²) in [5, 5.41) is 3.67. The van der Waals surface area contributed by atoms with Crippen molar-refractivity contribution in [3.05, 3.63) is 35.9 Å². The third-order valence-corrected chi connectivity index (χ3v) is 4.50. The highest BCUT2D eigenvalue weighted by atomic mass is 16.5. The van der Waals surface area contributed by atoms with E-state index in [1.54, 1.807) is 14.2 Å². The quantitative estimate of drug-likeness (QED) is 0.659. The van der Waals surface area contributed by atoms with Crippen LogP contribution in [0.5, 0.6) is 11.5 Å². The average molecular weight is 348 g/mol. The maximum absolute atomic E-state index is 5.80. The van der Waals surface area contributed by atoms with Crippen molar-refractivity contribution in [1.82, 2.24) is 10.2 Å². The second kappa shape index (κ2) is 10.4. The van der Waals surface area contributed by atoms with E-state index in [4.69, 9.17) is 14.2 Å². The number of nitrogens with one attached hydrogen (secondary N) is 1. The van der Waals surface area contributed by atoms with Gasteiger partial charge in [-0.05, 0) is 56.1 Å². The molecule has 1 heterocycles. The van der Waals surface area contributed by atoms with Crippen LogP contribution < -0.4 is 14.8 Å². The molecule has 5 nitrogen and oxygen atoms in total. The number of nitrogens with zero attached hydrogens (tertiary/aromatic N) is 1. The van der Waals surface area contributed by atoms with E-state index in [0.29, 0.717) is 12.6 Å². The lowest BCUT2D eigenvalue weighted by molar-refractivity contribution is 0.126. The summed E-state index contributed by atoms with van der Waals surface area (Å²) >= 11 is 0. The van der Waals surface area contributed by atoms with E-state index in [0.717, 1.165) is 49.9 Å². The van der Waals surface area contributed by atoms with Crippen molar-refractivity contribution in [3.8, 4) is 11.5 Å². The Hall–Kier alpha value is -1.56. The lowest BCUT2D eigenvalue weighted by Crippen LogP contribution is -2.43. The molecule has 0 bridgehead atoms. The molecule has 0 atom stereocenters. The van der Waals surface area contributed by atoms with Gasteiger partial charge in [0.1, 0.15) is 6.61 Å². The molecule has 1 N–H and O–H groups in total. The highest BCUT2D eigenvalue weighted by Gasteiger charge is 2.18. The van der Waals surface area contributed by atoms with Crippen LogP contribution in [0.15, 0.2) is 30.4 Å². The van der Waals surface area contributed by atoms with Crippen molar-refractivity contribution < 1.29 is 14.2 Å². The highest BCUT2D eigenvalue weighted by molar-refractivity contribution is 5.43. The molecule has 5 heteroatoms. The van der Waals surface area contributed by atoms with Crippen LogP contribution in [0.2, 0.25) is 0 Å². The largest absolute Gasteiger partial charge is 0.493 e. The predicted octanol–water partition coefficient (Wildman–Crippen LogP) is 2.85. The van der Waals surface area contributed by atoms with Crippen molar-refractivity contribution in [2.45, 2.75) is 32.4 Å². The summed E-state index contributed by atoms with van der Waals surface area (Å²) < 4.78 is 16.3. The summed E-state index contributed by atoms with van der Waals surface area (Å²) in [6, 6.07) is 6.69. The topological polar surface area (TPSA) is 43.0 Å². The van der Waals surface area contributed by atoms with Crippen molar-refractivity contribution in [3.63, 3.8) is 0 Å². The van der Waals surface area contributed by atoms with E-state index in [-0.39, 0.29) is 0 Å². The first-order valence-corrected chi connectivity index (χ1v) is 9.01. The van der Waals surface area contributed by atoms with Crippen LogP contribution in [0.25, 0.3) is 0 Å². The molecule has 0 aliphatic carbocycles. The number of rotatable bonds is 10. The number of benzene rings is 1. The standard InChI is InChI=1S/C20H32N2O3/c1-16(2)15-25-20-13-17(5-6-19(20)24-4)14-21-18-7-9-22(10-8-18)11-12-23-3/h5-6,13,18,21H,1,7-12,14-15H2,2-4H3. The van der Waals surface area contributed by atoms with Gasteiger partial charge in [-0.25, -0.2) is 0 Å². The van der Waals surface area contributed by atoms with Gasteiger partial charge >= 0.3 is 0 Å². The van der Waals surface area contributed by atoms with Crippen LogP contribution in [0.1, 0.15) is 25.3 Å². The maximum atomic E-state index is 5.80. The normalized spacial score (nSPS) is 16.0. The van der Waals surface area contributed by atoms with Gasteiger partial charge in [0, 0.05) is 26.2 Å². The van der Waals surface area contributed by atoms with Crippen LogP contribution >= 0.6 is 0 Å². The second-order valence-electron chi connectivity index (χ2n) is 6.72. The fourth-order valence-corrected chi connectivity index (χ4v) is 2.99. The Bertz CT molecular complexity index is 540. The van der Waals surface area contributed by atoms with Gasteiger partial charge in [0.2, 0.25) is 0 Å². The molecule has 2 rings (SSSR count). The Morgan fingerprint density at radius 1 is 1.24 bits per heavy atom. The molecule has 0 spiro atoms. The van der Waals surface area contributed by atoms with Crippen LogP contribution in [0.3, 0.4) is 0 Å². The first kappa shape index (κ1) is 19.8. The summed E-state index contributed by atoms with van der Waals surface area (Å²) in [5.41, 5.74) is 2.20. The predicted molar refractivity (Wildman–Crippen MR) is 101 cm³/mol. The zero-order valence-corrected chi connectivity index (χ0v) is 15.8. The summed E-state index contributed by atoms with van der Waals surface area (Å²) in [6.07, 6.45) is 2.36. The van der Waals surface area contributed by atoms with Gasteiger partial charge in [0.25, 0.3) is 0 Å². The van der Waals surface area contributed by atoms with E-state index in [9.17, 15) is 0 Å². The molecule has 0 radical (unpaired) electrons. The molecule has 0 unspecified atom stereocenters. The molecular weight excluding hydrogens is 316 g/mol. The van der Waals surface area contributed by atoms with Gasteiger partial charge in [-0.1, -0.05) is 12.6 Å². The molecule has 1 saturated heterocycles. The molecule has 0 aromatic heterocycles. The minimum atomic E-state index is 0.507.